The molecule has 102 valence electrons. The SMILES string of the molecule is Cc1c(C(=O)NCC(O)Cn2ccnn2)ccn1C. The van der Waals surface area contributed by atoms with Gasteiger partial charge < -0.3 is 15.0 Å². The molecule has 0 fully saturated rings. The fourth-order valence-corrected chi connectivity index (χ4v) is 1.77. The molecule has 2 rings (SSSR count). The van der Waals surface area contributed by atoms with Crippen molar-refractivity contribution in [3.8, 4) is 0 Å². The second-order valence-corrected chi connectivity index (χ2v) is 4.41. The molecular weight excluding hydrogens is 246 g/mol. The molecule has 0 aliphatic carbocycles. The van der Waals surface area contributed by atoms with Crippen LogP contribution in [0.4, 0.5) is 0 Å². The van der Waals surface area contributed by atoms with Crippen LogP contribution < -0.4 is 5.32 Å². The largest absolute Gasteiger partial charge is 0.389 e. The van der Waals surface area contributed by atoms with E-state index in [9.17, 15) is 9.90 Å². The van der Waals surface area contributed by atoms with Crippen LogP contribution in [-0.4, -0.2) is 43.2 Å². The molecule has 0 aliphatic heterocycles. The number of rotatable bonds is 5. The first-order valence-electron chi connectivity index (χ1n) is 6.00. The number of hydrogen-bond acceptors (Lipinski definition) is 4. The maximum Gasteiger partial charge on any atom is 0.253 e. The van der Waals surface area contributed by atoms with Gasteiger partial charge in [-0.15, -0.1) is 5.10 Å². The Bertz CT molecular complexity index is 546. The standard InChI is InChI=1S/C12H17N5O2/c1-9-11(3-5-16(9)2)12(19)13-7-10(18)8-17-6-4-14-15-17/h3-6,10,18H,7-8H2,1-2H3,(H,13,19). The van der Waals surface area contributed by atoms with Gasteiger partial charge in [0.05, 0.1) is 24.4 Å². The molecule has 1 atom stereocenters. The summed E-state index contributed by atoms with van der Waals surface area (Å²) < 4.78 is 3.39. The van der Waals surface area contributed by atoms with Gasteiger partial charge in [-0.3, -0.25) is 4.79 Å². The highest BCUT2D eigenvalue weighted by molar-refractivity contribution is 5.95. The fourth-order valence-electron chi connectivity index (χ4n) is 1.77. The summed E-state index contributed by atoms with van der Waals surface area (Å²) in [4.78, 5) is 11.9. The average Bonchev–Trinajstić information content (AvgIpc) is 2.99. The van der Waals surface area contributed by atoms with Gasteiger partial charge in [0.25, 0.3) is 5.91 Å². The van der Waals surface area contributed by atoms with E-state index in [0.29, 0.717) is 12.1 Å². The van der Waals surface area contributed by atoms with E-state index in [1.807, 2.05) is 24.7 Å². The monoisotopic (exact) mass is 263 g/mol. The van der Waals surface area contributed by atoms with Gasteiger partial charge in [-0.1, -0.05) is 5.21 Å². The predicted octanol–water partition coefficient (Wildman–Crippen LogP) is -0.284. The third kappa shape index (κ3) is 3.19. The molecule has 2 N–H and O–H groups in total. The van der Waals surface area contributed by atoms with Crippen LogP contribution in [0.3, 0.4) is 0 Å². The van der Waals surface area contributed by atoms with Gasteiger partial charge in [0.15, 0.2) is 0 Å². The number of aliphatic hydroxyl groups excluding tert-OH is 1. The molecule has 1 amide bonds. The highest BCUT2D eigenvalue weighted by atomic mass is 16.3. The minimum Gasteiger partial charge on any atom is -0.389 e. The molecule has 0 bridgehead atoms. The van der Waals surface area contributed by atoms with Crippen LogP contribution in [0.25, 0.3) is 0 Å². The quantitative estimate of drug-likeness (QED) is 0.776. The summed E-state index contributed by atoms with van der Waals surface area (Å²) in [6.07, 6.45) is 4.33. The van der Waals surface area contributed by atoms with E-state index in [1.54, 1.807) is 18.5 Å². The van der Waals surface area contributed by atoms with E-state index in [2.05, 4.69) is 15.6 Å². The lowest BCUT2D eigenvalue weighted by molar-refractivity contribution is 0.0899. The van der Waals surface area contributed by atoms with Gasteiger partial charge in [-0.25, -0.2) is 4.68 Å². The van der Waals surface area contributed by atoms with E-state index >= 15 is 0 Å². The molecular formula is C12H17N5O2. The molecule has 1 unspecified atom stereocenters. The van der Waals surface area contributed by atoms with Crippen LogP contribution in [0, 0.1) is 6.92 Å². The normalized spacial score (nSPS) is 12.4. The lowest BCUT2D eigenvalue weighted by atomic mass is 10.2. The van der Waals surface area contributed by atoms with Crippen molar-refractivity contribution in [2.24, 2.45) is 7.05 Å². The van der Waals surface area contributed by atoms with Gasteiger partial charge in [0.2, 0.25) is 0 Å². The molecule has 7 heteroatoms. The summed E-state index contributed by atoms with van der Waals surface area (Å²) in [5.74, 6) is -0.184. The molecule has 19 heavy (non-hydrogen) atoms. The molecule has 7 nitrogen and oxygen atoms in total. The minimum atomic E-state index is -0.699. The third-order valence-electron chi connectivity index (χ3n) is 3.00. The second-order valence-electron chi connectivity index (χ2n) is 4.41. The van der Waals surface area contributed by atoms with Crippen LogP contribution >= 0.6 is 0 Å². The Balaban J connectivity index is 1.85. The molecule has 0 radical (unpaired) electrons. The maximum atomic E-state index is 11.9. The zero-order chi connectivity index (χ0) is 13.8. The van der Waals surface area contributed by atoms with Crippen molar-refractivity contribution < 1.29 is 9.90 Å². The number of aryl methyl sites for hydroxylation is 1. The van der Waals surface area contributed by atoms with Crippen molar-refractivity contribution in [2.75, 3.05) is 6.54 Å². The van der Waals surface area contributed by atoms with E-state index in [4.69, 9.17) is 0 Å². The van der Waals surface area contributed by atoms with Crippen LogP contribution in [0.5, 0.6) is 0 Å². The molecule has 0 saturated carbocycles. The van der Waals surface area contributed by atoms with Crippen molar-refractivity contribution in [1.29, 1.82) is 0 Å². The Hall–Kier alpha value is -2.15. The Morgan fingerprint density at radius 1 is 1.53 bits per heavy atom. The number of nitrogens with one attached hydrogen (secondary N) is 1. The molecule has 0 spiro atoms. The van der Waals surface area contributed by atoms with Crippen LogP contribution in [0.15, 0.2) is 24.7 Å². The fraction of sp³-hybridized carbons (Fsp3) is 0.417. The molecule has 0 aromatic carbocycles. The zero-order valence-electron chi connectivity index (χ0n) is 10.9. The Morgan fingerprint density at radius 2 is 2.32 bits per heavy atom. The molecule has 0 saturated heterocycles. The first-order valence-corrected chi connectivity index (χ1v) is 6.00. The van der Waals surface area contributed by atoms with Crippen molar-refractivity contribution in [3.63, 3.8) is 0 Å². The van der Waals surface area contributed by atoms with Crippen molar-refractivity contribution in [3.05, 3.63) is 35.9 Å². The number of carbonyl (C=O) groups is 1. The first-order chi connectivity index (χ1) is 9.08. The van der Waals surface area contributed by atoms with E-state index < -0.39 is 6.10 Å². The Morgan fingerprint density at radius 3 is 2.89 bits per heavy atom. The number of aromatic nitrogens is 4. The van der Waals surface area contributed by atoms with Crippen molar-refractivity contribution in [1.82, 2.24) is 24.9 Å². The lowest BCUT2D eigenvalue weighted by Gasteiger charge is -2.11. The molecule has 2 aromatic rings. The lowest BCUT2D eigenvalue weighted by Crippen LogP contribution is -2.34. The van der Waals surface area contributed by atoms with Gasteiger partial charge in [-0.2, -0.15) is 0 Å². The van der Waals surface area contributed by atoms with Gasteiger partial charge in [-0.05, 0) is 13.0 Å². The number of amides is 1. The van der Waals surface area contributed by atoms with Crippen LogP contribution in [0.1, 0.15) is 16.1 Å². The molecule has 0 aliphatic rings. The zero-order valence-corrected chi connectivity index (χ0v) is 10.9. The summed E-state index contributed by atoms with van der Waals surface area (Å²) in [5, 5.41) is 19.9. The molecule has 2 heterocycles. The summed E-state index contributed by atoms with van der Waals surface area (Å²) in [6, 6.07) is 1.76. The van der Waals surface area contributed by atoms with Crippen molar-refractivity contribution in [2.45, 2.75) is 19.6 Å². The van der Waals surface area contributed by atoms with Gasteiger partial charge >= 0.3 is 0 Å². The predicted molar refractivity (Wildman–Crippen MR) is 68.5 cm³/mol. The van der Waals surface area contributed by atoms with Crippen LogP contribution in [0.2, 0.25) is 0 Å². The van der Waals surface area contributed by atoms with Crippen LogP contribution in [-0.2, 0) is 13.6 Å². The average molecular weight is 263 g/mol. The second kappa shape index (κ2) is 5.66. The minimum absolute atomic E-state index is 0.174. The van der Waals surface area contributed by atoms with E-state index in [1.165, 1.54) is 4.68 Å². The van der Waals surface area contributed by atoms with Gasteiger partial charge in [0, 0.05) is 31.7 Å². The highest BCUT2D eigenvalue weighted by Crippen LogP contribution is 2.07. The first kappa shape index (κ1) is 13.3. The smallest absolute Gasteiger partial charge is 0.253 e. The maximum absolute atomic E-state index is 11.9. The Kier molecular flexibility index (Phi) is 3.96. The van der Waals surface area contributed by atoms with E-state index in [0.717, 1.165) is 5.69 Å². The summed E-state index contributed by atoms with van der Waals surface area (Å²) in [7, 11) is 1.88. The number of carbonyl (C=O) groups excluding carboxylic acids is 1. The summed E-state index contributed by atoms with van der Waals surface area (Å²) in [6.45, 7) is 2.35. The summed E-state index contributed by atoms with van der Waals surface area (Å²) in [5.41, 5.74) is 1.51. The van der Waals surface area contributed by atoms with Crippen molar-refractivity contribution >= 4 is 5.91 Å². The third-order valence-corrected chi connectivity index (χ3v) is 3.00. The van der Waals surface area contributed by atoms with Gasteiger partial charge in [0.1, 0.15) is 0 Å². The topological polar surface area (TPSA) is 85.0 Å². The highest BCUT2D eigenvalue weighted by Gasteiger charge is 2.13. The molecule has 2 aromatic heterocycles. The van der Waals surface area contributed by atoms with E-state index in [-0.39, 0.29) is 12.5 Å². The number of hydrogen-bond donors (Lipinski definition) is 2. The number of aliphatic hydroxyl groups is 1. The summed E-state index contributed by atoms with van der Waals surface area (Å²) >= 11 is 0. The Labute approximate surface area is 110 Å². The number of nitrogens with zero attached hydrogens (tertiary/aromatic N) is 4.